The monoisotopic (exact) mass is 695 g/mol. The van der Waals surface area contributed by atoms with Crippen LogP contribution in [0.5, 0.6) is 0 Å². The first-order valence-corrected chi connectivity index (χ1v) is 17.5. The zero-order valence-electron chi connectivity index (χ0n) is 28.8. The quantitative estimate of drug-likeness (QED) is 0.0507. The van der Waals surface area contributed by atoms with Gasteiger partial charge in [-0.15, -0.1) is 11.8 Å². The van der Waals surface area contributed by atoms with Crippen LogP contribution in [0.2, 0.25) is 0 Å². The molecule has 1 atom stereocenters. The Kier molecular flexibility index (Phi) is 11.6. The number of carbonyl (C=O) groups excluding carboxylic acids is 2. The number of fused-ring (bicyclic) bond motifs is 1. The van der Waals surface area contributed by atoms with Crippen molar-refractivity contribution >= 4 is 63.3 Å². The summed E-state index contributed by atoms with van der Waals surface area (Å²) in [6, 6.07) is 13.7. The Hall–Kier alpha value is -5.11. The number of hydrazine groups is 1. The number of aromatic nitrogens is 2. The van der Waals surface area contributed by atoms with Crippen molar-refractivity contribution < 1.29 is 14.3 Å². The van der Waals surface area contributed by atoms with Crippen LogP contribution in [0.3, 0.4) is 0 Å². The van der Waals surface area contributed by atoms with Gasteiger partial charge in [-0.25, -0.2) is 10.8 Å². The van der Waals surface area contributed by atoms with Gasteiger partial charge in [-0.3, -0.25) is 19.6 Å². The lowest BCUT2D eigenvalue weighted by Gasteiger charge is -2.29. The molecule has 0 bridgehead atoms. The van der Waals surface area contributed by atoms with Crippen LogP contribution in [0.1, 0.15) is 29.7 Å². The highest BCUT2D eigenvalue weighted by Gasteiger charge is 2.44. The summed E-state index contributed by atoms with van der Waals surface area (Å²) in [4.78, 5) is 35.4. The Balaban J connectivity index is 1.19. The van der Waals surface area contributed by atoms with Crippen molar-refractivity contribution in [2.24, 2.45) is 16.6 Å². The number of anilines is 1. The highest BCUT2D eigenvalue weighted by molar-refractivity contribution is 8.00. The van der Waals surface area contributed by atoms with Crippen molar-refractivity contribution in [3.63, 3.8) is 0 Å². The molecule has 6 N–H and O–H groups in total. The lowest BCUT2D eigenvalue weighted by Crippen LogP contribution is -2.45. The number of nitrogens with one attached hydrogen (secondary N) is 2. The van der Waals surface area contributed by atoms with E-state index in [0.717, 1.165) is 28.5 Å². The molecule has 50 heavy (non-hydrogen) atoms. The van der Waals surface area contributed by atoms with Crippen LogP contribution < -0.4 is 16.9 Å². The zero-order valence-corrected chi connectivity index (χ0v) is 29.6. The SMILES string of the molecule is C=C/C=C(\C=C(/N)OC)c1n[nH]c2ccc(NC(=O)[C@]3(SC)CCN(CC(=O)N4CC=C(c5ccc(C(=C)/N=C\N(C)N)cc5)CC4)C3)cc12. The molecule has 5 rings (SSSR count). The summed E-state index contributed by atoms with van der Waals surface area (Å²) in [6.07, 6.45) is 12.1. The van der Waals surface area contributed by atoms with Crippen LogP contribution in [0, 0.1) is 0 Å². The molecule has 0 aliphatic carbocycles. The van der Waals surface area contributed by atoms with Crippen LogP contribution in [-0.2, 0) is 14.3 Å². The van der Waals surface area contributed by atoms with Crippen LogP contribution in [0.25, 0.3) is 27.7 Å². The van der Waals surface area contributed by atoms with E-state index in [0.29, 0.717) is 55.3 Å². The van der Waals surface area contributed by atoms with Crippen molar-refractivity contribution in [2.45, 2.75) is 17.6 Å². The topological polar surface area (TPSA) is 158 Å². The minimum Gasteiger partial charge on any atom is -0.483 e. The fraction of sp³-hybridized carbons (Fsp3) is 0.297. The molecule has 2 aliphatic rings. The summed E-state index contributed by atoms with van der Waals surface area (Å²) in [6.45, 7) is 10.4. The highest BCUT2D eigenvalue weighted by Crippen LogP contribution is 2.36. The molecule has 3 heterocycles. The summed E-state index contributed by atoms with van der Waals surface area (Å²) in [5, 5.41) is 12.8. The van der Waals surface area contributed by atoms with Gasteiger partial charge in [0.2, 0.25) is 11.8 Å². The number of hydrogen-bond acceptors (Lipinski definition) is 9. The Morgan fingerprint density at radius 1 is 1.24 bits per heavy atom. The summed E-state index contributed by atoms with van der Waals surface area (Å²) in [5.41, 5.74) is 12.6. The van der Waals surface area contributed by atoms with Crippen molar-refractivity contribution in [1.29, 1.82) is 0 Å². The van der Waals surface area contributed by atoms with Gasteiger partial charge in [-0.2, -0.15) is 5.10 Å². The minimum atomic E-state index is -0.685. The molecular formula is C37H45N9O3S. The molecular weight excluding hydrogens is 651 g/mol. The number of likely N-dealkylation sites (tertiary alicyclic amines) is 1. The molecule has 1 fully saturated rings. The number of ether oxygens (including phenoxy) is 1. The standard InChI is InChI=1S/C37H45N9O3S/c1-6-7-29(20-33(38)49-4)35-31-21-30(12-13-32(31)42-43-35)41-36(48)37(50-5)16-19-45(23-37)22-34(47)46-17-14-28(15-18-46)27-10-8-26(9-11-27)25(2)40-24-44(3)39/h6-14,20-21,24H,1-2,15-19,22-23,38-39H2,3-5H3,(H,41,48)(H,42,43)/b29-7+,33-20+,40-24-/t37-/m0/s1. The molecule has 1 aromatic heterocycles. The van der Waals surface area contributed by atoms with E-state index in [-0.39, 0.29) is 24.2 Å². The Morgan fingerprint density at radius 2 is 2.02 bits per heavy atom. The van der Waals surface area contributed by atoms with Gasteiger partial charge in [-0.1, -0.05) is 55.7 Å². The van der Waals surface area contributed by atoms with Gasteiger partial charge in [0.15, 0.2) is 5.88 Å². The molecule has 262 valence electrons. The number of hydrogen-bond donors (Lipinski definition) is 4. The maximum atomic E-state index is 13.8. The maximum absolute atomic E-state index is 13.8. The van der Waals surface area contributed by atoms with Crippen LogP contribution in [0.4, 0.5) is 5.69 Å². The molecule has 0 unspecified atom stereocenters. The van der Waals surface area contributed by atoms with Gasteiger partial charge < -0.3 is 25.7 Å². The minimum absolute atomic E-state index is 0.0662. The first kappa shape index (κ1) is 36.2. The van der Waals surface area contributed by atoms with E-state index < -0.39 is 4.75 Å². The summed E-state index contributed by atoms with van der Waals surface area (Å²) in [7, 11) is 3.20. The fourth-order valence-electron chi connectivity index (χ4n) is 6.09. The third kappa shape index (κ3) is 8.36. The number of methoxy groups -OCH3 is 1. The number of H-pyrrole nitrogens is 1. The molecule has 0 spiro atoms. The van der Waals surface area contributed by atoms with Crippen molar-refractivity contribution in [1.82, 2.24) is 25.0 Å². The van der Waals surface area contributed by atoms with Crippen molar-refractivity contribution in [3.05, 3.63) is 103 Å². The first-order chi connectivity index (χ1) is 24.0. The molecule has 13 heteroatoms. The number of nitrogens with two attached hydrogens (primary N) is 2. The summed E-state index contributed by atoms with van der Waals surface area (Å²) >= 11 is 1.52. The van der Waals surface area contributed by atoms with Crippen LogP contribution in [-0.4, -0.2) is 101 Å². The number of amides is 2. The van der Waals surface area contributed by atoms with Crippen LogP contribution >= 0.6 is 11.8 Å². The zero-order chi connectivity index (χ0) is 35.8. The molecule has 12 nitrogen and oxygen atoms in total. The third-order valence-electron chi connectivity index (χ3n) is 8.95. The molecule has 0 saturated carbocycles. The molecule has 2 aliphatic heterocycles. The molecule has 3 aromatic rings. The number of nitrogens with zero attached hydrogens (tertiary/aromatic N) is 5. The van der Waals surface area contributed by atoms with E-state index in [2.05, 4.69) is 56.8 Å². The lowest BCUT2D eigenvalue weighted by molar-refractivity contribution is -0.132. The van der Waals surface area contributed by atoms with E-state index in [1.54, 1.807) is 25.3 Å². The second-order valence-electron chi connectivity index (χ2n) is 12.3. The average molecular weight is 696 g/mol. The second-order valence-corrected chi connectivity index (χ2v) is 13.5. The van der Waals surface area contributed by atoms with Gasteiger partial charge in [0.25, 0.3) is 0 Å². The predicted molar refractivity (Wildman–Crippen MR) is 205 cm³/mol. The van der Waals surface area contributed by atoms with Crippen molar-refractivity contribution in [3.8, 4) is 0 Å². The number of aromatic amines is 1. The normalized spacial score (nSPS) is 18.7. The fourth-order valence-corrected chi connectivity index (χ4v) is 6.93. The molecule has 2 aromatic carbocycles. The Bertz CT molecular complexity index is 1880. The predicted octanol–water partition coefficient (Wildman–Crippen LogP) is 4.45. The first-order valence-electron chi connectivity index (χ1n) is 16.3. The van der Waals surface area contributed by atoms with Gasteiger partial charge in [-0.05, 0) is 54.0 Å². The van der Waals surface area contributed by atoms with Gasteiger partial charge in [0, 0.05) is 55.9 Å². The summed E-state index contributed by atoms with van der Waals surface area (Å²) < 4.78 is 4.44. The number of rotatable bonds is 13. The van der Waals surface area contributed by atoms with Crippen molar-refractivity contribution in [2.75, 3.05) is 58.5 Å². The summed E-state index contributed by atoms with van der Waals surface area (Å²) in [5.74, 6) is 5.80. The molecule has 1 saturated heterocycles. The van der Waals surface area contributed by atoms with E-state index in [9.17, 15) is 9.59 Å². The van der Waals surface area contributed by atoms with Gasteiger partial charge in [0.1, 0.15) is 16.8 Å². The average Bonchev–Trinajstić information content (AvgIpc) is 3.75. The molecule has 0 radical (unpaired) electrons. The smallest absolute Gasteiger partial charge is 0.241 e. The van der Waals surface area contributed by atoms with E-state index in [4.69, 9.17) is 16.3 Å². The highest BCUT2D eigenvalue weighted by atomic mass is 32.2. The number of thioether (sulfide) groups is 1. The number of allylic oxidation sites excluding steroid dienone is 4. The van der Waals surface area contributed by atoms with E-state index in [1.165, 1.54) is 35.8 Å². The Morgan fingerprint density at radius 3 is 2.68 bits per heavy atom. The number of carbonyl (C=O) groups is 2. The van der Waals surface area contributed by atoms with Gasteiger partial charge in [0.05, 0.1) is 24.9 Å². The maximum Gasteiger partial charge on any atom is 0.241 e. The second kappa shape index (κ2) is 16.1. The third-order valence-corrected chi connectivity index (χ3v) is 10.2. The lowest BCUT2D eigenvalue weighted by atomic mass is 9.98. The number of aliphatic imine (C=N–C) groups is 1. The molecule has 2 amide bonds. The number of benzene rings is 2. The van der Waals surface area contributed by atoms with E-state index in [1.807, 2.05) is 41.5 Å². The Labute approximate surface area is 297 Å². The van der Waals surface area contributed by atoms with Crippen LogP contribution in [0.15, 0.2) is 90.8 Å². The van der Waals surface area contributed by atoms with E-state index >= 15 is 0 Å². The largest absolute Gasteiger partial charge is 0.483 e. The van der Waals surface area contributed by atoms with Gasteiger partial charge >= 0.3 is 0 Å².